The molecule has 0 radical (unpaired) electrons. The van der Waals surface area contributed by atoms with Crippen LogP contribution in [0, 0.1) is 13.8 Å². The molecule has 2 fully saturated rings. The highest BCUT2D eigenvalue weighted by atomic mass is 16.5. The molecule has 3 aromatic rings. The Hall–Kier alpha value is -3.01. The Balaban J connectivity index is 1.57. The van der Waals surface area contributed by atoms with E-state index in [4.69, 9.17) is 24.0 Å². The van der Waals surface area contributed by atoms with Gasteiger partial charge in [0.15, 0.2) is 12.1 Å². The highest BCUT2D eigenvalue weighted by molar-refractivity contribution is 5.75. The van der Waals surface area contributed by atoms with Gasteiger partial charge in [0.05, 0.1) is 17.0 Å². The quantitative estimate of drug-likeness (QED) is 0.378. The number of nitrogens with one attached hydrogen (secondary N) is 2. The molecule has 9 heteroatoms. The van der Waals surface area contributed by atoms with Crippen LogP contribution < -0.4 is 15.4 Å². The van der Waals surface area contributed by atoms with Crippen LogP contribution in [0.2, 0.25) is 0 Å². The molecule has 2 unspecified atom stereocenters. The van der Waals surface area contributed by atoms with Gasteiger partial charge in [0.25, 0.3) is 0 Å². The van der Waals surface area contributed by atoms with E-state index in [0.29, 0.717) is 17.5 Å². The van der Waals surface area contributed by atoms with Crippen LogP contribution in [0.15, 0.2) is 28.8 Å². The van der Waals surface area contributed by atoms with Gasteiger partial charge in [0.2, 0.25) is 0 Å². The van der Waals surface area contributed by atoms with Gasteiger partial charge in [0.1, 0.15) is 23.4 Å². The first-order valence-electron chi connectivity index (χ1n) is 12.8. The number of benzene rings is 1. The zero-order valence-electron chi connectivity index (χ0n) is 21.4. The van der Waals surface area contributed by atoms with Gasteiger partial charge in [0, 0.05) is 36.3 Å². The van der Waals surface area contributed by atoms with E-state index in [-0.39, 0.29) is 6.04 Å². The van der Waals surface area contributed by atoms with Crippen molar-refractivity contribution in [1.82, 2.24) is 20.4 Å². The largest absolute Gasteiger partial charge is 0.473 e. The van der Waals surface area contributed by atoms with Crippen molar-refractivity contribution in [2.24, 2.45) is 0 Å². The fourth-order valence-electron chi connectivity index (χ4n) is 4.62. The maximum absolute atomic E-state index is 9.98. The summed E-state index contributed by atoms with van der Waals surface area (Å²) in [5.41, 5.74) is 4.47. The number of aryl methyl sites for hydroxylation is 1. The first kappa shape index (κ1) is 24.7. The van der Waals surface area contributed by atoms with E-state index in [9.17, 15) is 5.11 Å². The molecule has 192 valence electrons. The van der Waals surface area contributed by atoms with E-state index in [2.05, 4.69) is 22.7 Å². The Morgan fingerprint density at radius 2 is 1.89 bits per heavy atom. The van der Waals surface area contributed by atoms with Crippen LogP contribution in [-0.2, 0) is 4.74 Å². The minimum absolute atomic E-state index is 0.289. The van der Waals surface area contributed by atoms with Crippen LogP contribution in [-0.4, -0.2) is 58.9 Å². The minimum Gasteiger partial charge on any atom is -0.473 e. The number of aromatic nitrogens is 3. The summed E-state index contributed by atoms with van der Waals surface area (Å²) in [5.74, 6) is 3.35. The number of aliphatic hydroxyl groups excluding tert-OH is 1. The van der Waals surface area contributed by atoms with E-state index in [1.165, 1.54) is 0 Å². The standard InChI is InChI=1S/C27H35N5O4/c1-15-23(22-16(2)32-36-24(22)18-8-9-18)30-26(31-25(15)29-20-10-12-34-13-11-20)19-6-5-7-21(14-19)35-27(28-4)17(3)33/h5-7,14,17-18,20,27-28,33H,8-13H2,1-4H3,(H,29,30,31). The number of hydrogen-bond acceptors (Lipinski definition) is 9. The molecule has 0 bridgehead atoms. The number of aliphatic hydroxyl groups is 1. The number of likely N-dealkylation sites (N-methyl/N-ethyl adjacent to an activating group) is 1. The van der Waals surface area contributed by atoms with Crippen LogP contribution in [0.1, 0.15) is 55.5 Å². The minimum atomic E-state index is -0.673. The summed E-state index contributed by atoms with van der Waals surface area (Å²) in [5, 5.41) is 20.9. The molecule has 1 saturated carbocycles. The number of ether oxygens (including phenoxy) is 2. The first-order chi connectivity index (χ1) is 17.4. The second-order valence-electron chi connectivity index (χ2n) is 9.78. The third-order valence-corrected chi connectivity index (χ3v) is 6.86. The maximum Gasteiger partial charge on any atom is 0.175 e. The lowest BCUT2D eigenvalue weighted by molar-refractivity contribution is 0.0321. The topological polar surface area (TPSA) is 115 Å². The van der Waals surface area contributed by atoms with Gasteiger partial charge >= 0.3 is 0 Å². The zero-order chi connectivity index (χ0) is 25.2. The van der Waals surface area contributed by atoms with Crippen LogP contribution in [0.4, 0.5) is 5.82 Å². The zero-order valence-corrected chi connectivity index (χ0v) is 21.4. The highest BCUT2D eigenvalue weighted by Crippen LogP contribution is 2.46. The van der Waals surface area contributed by atoms with Crippen molar-refractivity contribution in [1.29, 1.82) is 0 Å². The Morgan fingerprint density at radius 3 is 2.58 bits per heavy atom. The molecule has 2 aliphatic rings. The third kappa shape index (κ3) is 5.23. The third-order valence-electron chi connectivity index (χ3n) is 6.86. The van der Waals surface area contributed by atoms with Gasteiger partial charge < -0.3 is 24.4 Å². The number of nitrogens with zero attached hydrogens (tertiary/aromatic N) is 3. The molecule has 5 rings (SSSR count). The number of hydrogen-bond donors (Lipinski definition) is 3. The normalized spacial score (nSPS) is 18.1. The van der Waals surface area contributed by atoms with Gasteiger partial charge in [-0.3, -0.25) is 5.32 Å². The second-order valence-corrected chi connectivity index (χ2v) is 9.78. The molecule has 2 atom stereocenters. The Bertz CT molecular complexity index is 1200. The smallest absolute Gasteiger partial charge is 0.175 e. The van der Waals surface area contributed by atoms with Crippen molar-refractivity contribution < 1.29 is 19.1 Å². The predicted molar refractivity (Wildman–Crippen MR) is 137 cm³/mol. The summed E-state index contributed by atoms with van der Waals surface area (Å²) in [7, 11) is 1.75. The molecule has 1 saturated heterocycles. The van der Waals surface area contributed by atoms with E-state index in [0.717, 1.165) is 78.6 Å². The van der Waals surface area contributed by atoms with Crippen molar-refractivity contribution in [2.45, 2.75) is 70.7 Å². The van der Waals surface area contributed by atoms with Crippen molar-refractivity contribution >= 4 is 5.82 Å². The second kappa shape index (κ2) is 10.5. The Morgan fingerprint density at radius 1 is 1.11 bits per heavy atom. The molecule has 9 nitrogen and oxygen atoms in total. The summed E-state index contributed by atoms with van der Waals surface area (Å²) in [6.07, 6.45) is 2.89. The lowest BCUT2D eigenvalue weighted by atomic mass is 10.0. The number of anilines is 1. The molecule has 2 aromatic heterocycles. The summed E-state index contributed by atoms with van der Waals surface area (Å²) < 4.78 is 17.3. The van der Waals surface area contributed by atoms with Crippen LogP contribution in [0.25, 0.3) is 22.6 Å². The predicted octanol–water partition coefficient (Wildman–Crippen LogP) is 4.19. The molecular formula is C27H35N5O4. The van der Waals surface area contributed by atoms with E-state index in [1.54, 1.807) is 14.0 Å². The Labute approximate surface area is 211 Å². The van der Waals surface area contributed by atoms with Crippen molar-refractivity contribution in [3.63, 3.8) is 0 Å². The SMILES string of the molecule is CNC(Oc1cccc(-c2nc(NC3CCOCC3)c(C)c(-c3c(C)noc3C3CC3)n2)c1)C(C)O. The van der Waals surface area contributed by atoms with Crippen LogP contribution >= 0.6 is 0 Å². The van der Waals surface area contributed by atoms with E-state index in [1.807, 2.05) is 31.2 Å². The van der Waals surface area contributed by atoms with E-state index >= 15 is 0 Å². The van der Waals surface area contributed by atoms with Gasteiger partial charge in [-0.2, -0.15) is 0 Å². The molecule has 0 spiro atoms. The molecule has 1 aliphatic heterocycles. The fraction of sp³-hybridized carbons (Fsp3) is 0.519. The van der Waals surface area contributed by atoms with Gasteiger partial charge in [-0.25, -0.2) is 9.97 Å². The molecule has 36 heavy (non-hydrogen) atoms. The van der Waals surface area contributed by atoms with Crippen LogP contribution in [0.3, 0.4) is 0 Å². The van der Waals surface area contributed by atoms with Gasteiger partial charge in [-0.1, -0.05) is 17.3 Å². The summed E-state index contributed by atoms with van der Waals surface area (Å²) in [6, 6.07) is 7.94. The van der Waals surface area contributed by atoms with Crippen molar-refractivity contribution in [3.8, 4) is 28.4 Å². The lowest BCUT2D eigenvalue weighted by Crippen LogP contribution is -2.40. The fourth-order valence-corrected chi connectivity index (χ4v) is 4.62. The van der Waals surface area contributed by atoms with E-state index < -0.39 is 12.3 Å². The Kier molecular flexibility index (Phi) is 7.22. The molecule has 1 aromatic carbocycles. The number of rotatable bonds is 9. The lowest BCUT2D eigenvalue weighted by Gasteiger charge is -2.25. The van der Waals surface area contributed by atoms with Crippen LogP contribution in [0.5, 0.6) is 5.75 Å². The summed E-state index contributed by atoms with van der Waals surface area (Å²) >= 11 is 0. The van der Waals surface area contributed by atoms with Crippen molar-refractivity contribution in [3.05, 3.63) is 41.3 Å². The van der Waals surface area contributed by atoms with Gasteiger partial charge in [-0.05, 0) is 65.6 Å². The monoisotopic (exact) mass is 493 g/mol. The molecule has 1 aliphatic carbocycles. The summed E-state index contributed by atoms with van der Waals surface area (Å²) in [4.78, 5) is 10.0. The van der Waals surface area contributed by atoms with Gasteiger partial charge in [-0.15, -0.1) is 0 Å². The average molecular weight is 494 g/mol. The molecule has 0 amide bonds. The molecular weight excluding hydrogens is 458 g/mol. The highest BCUT2D eigenvalue weighted by Gasteiger charge is 2.34. The first-order valence-corrected chi connectivity index (χ1v) is 12.8. The maximum atomic E-state index is 9.98. The summed E-state index contributed by atoms with van der Waals surface area (Å²) in [6.45, 7) is 7.21. The van der Waals surface area contributed by atoms with Crippen molar-refractivity contribution in [2.75, 3.05) is 25.6 Å². The molecule has 3 heterocycles. The molecule has 3 N–H and O–H groups in total. The average Bonchev–Trinajstić information content (AvgIpc) is 3.66.